The second kappa shape index (κ2) is 6.86. The molecule has 2 heterocycles. The largest absolute Gasteiger partial charge is 0.344 e. The van der Waals surface area contributed by atoms with E-state index in [9.17, 15) is 9.59 Å². The molecule has 24 heavy (non-hydrogen) atoms. The van der Waals surface area contributed by atoms with Crippen LogP contribution < -0.4 is 10.2 Å². The molecule has 1 fully saturated rings. The van der Waals surface area contributed by atoms with Crippen molar-refractivity contribution < 1.29 is 9.59 Å². The summed E-state index contributed by atoms with van der Waals surface area (Å²) in [5.41, 5.74) is 1.75. The highest BCUT2D eigenvalue weighted by Crippen LogP contribution is 2.23. The summed E-state index contributed by atoms with van der Waals surface area (Å²) in [5, 5.41) is 7.03. The number of hydrogen-bond acceptors (Lipinski definition) is 3. The van der Waals surface area contributed by atoms with E-state index in [0.29, 0.717) is 19.4 Å². The van der Waals surface area contributed by atoms with E-state index in [1.54, 1.807) is 22.0 Å². The van der Waals surface area contributed by atoms with Gasteiger partial charge in [0, 0.05) is 19.8 Å². The summed E-state index contributed by atoms with van der Waals surface area (Å²) in [7, 11) is 1.81. The van der Waals surface area contributed by atoms with Crippen molar-refractivity contribution in [2.24, 2.45) is 7.05 Å². The zero-order valence-electron chi connectivity index (χ0n) is 14.0. The molecule has 0 saturated carbocycles. The fourth-order valence-corrected chi connectivity index (χ4v) is 3.15. The first kappa shape index (κ1) is 16.2. The molecule has 3 rings (SSSR count). The first-order valence-electron chi connectivity index (χ1n) is 8.25. The quantitative estimate of drug-likeness (QED) is 0.911. The fourth-order valence-electron chi connectivity index (χ4n) is 3.15. The minimum Gasteiger partial charge on any atom is -0.344 e. The number of anilines is 1. The van der Waals surface area contributed by atoms with Crippen LogP contribution in [0.3, 0.4) is 0 Å². The number of benzene rings is 1. The van der Waals surface area contributed by atoms with E-state index in [-0.39, 0.29) is 17.7 Å². The summed E-state index contributed by atoms with van der Waals surface area (Å²) >= 11 is 0. The molecule has 6 nitrogen and oxygen atoms in total. The number of aromatic nitrogens is 2. The van der Waals surface area contributed by atoms with Gasteiger partial charge < -0.3 is 10.2 Å². The van der Waals surface area contributed by atoms with Crippen LogP contribution in [-0.4, -0.2) is 34.2 Å². The van der Waals surface area contributed by atoms with Gasteiger partial charge >= 0.3 is 0 Å². The van der Waals surface area contributed by atoms with Gasteiger partial charge in [0.25, 0.3) is 0 Å². The molecule has 2 aromatic rings. The maximum absolute atomic E-state index is 12.6. The standard InChI is InChI=1S/C18H22N4O2/c1-3-15(13-7-5-4-6-8-13)17(23)20-16-9-10-22(18(16)24)14-11-19-21(2)12-14/h4-8,11-12,15-16H,3,9-10H2,1-2H3,(H,20,23)/t15-,16+/m0/s1. The Balaban J connectivity index is 1.67. The third-order valence-corrected chi connectivity index (χ3v) is 4.45. The number of rotatable bonds is 5. The number of hydrogen-bond donors (Lipinski definition) is 1. The van der Waals surface area contributed by atoms with Gasteiger partial charge in [-0.3, -0.25) is 14.3 Å². The SMILES string of the molecule is CC[C@H](C(=O)N[C@@H]1CCN(c2cnn(C)c2)C1=O)c1ccccc1. The third kappa shape index (κ3) is 3.18. The highest BCUT2D eigenvalue weighted by atomic mass is 16.2. The second-order valence-electron chi connectivity index (χ2n) is 6.08. The van der Waals surface area contributed by atoms with Gasteiger partial charge in [-0.1, -0.05) is 37.3 Å². The summed E-state index contributed by atoms with van der Waals surface area (Å²) in [6.45, 7) is 2.58. The summed E-state index contributed by atoms with van der Waals surface area (Å²) in [4.78, 5) is 26.9. The molecule has 126 valence electrons. The van der Waals surface area contributed by atoms with Gasteiger partial charge in [-0.15, -0.1) is 0 Å². The molecule has 1 aliphatic heterocycles. The van der Waals surface area contributed by atoms with Gasteiger partial charge in [0.05, 0.1) is 17.8 Å². The summed E-state index contributed by atoms with van der Waals surface area (Å²) < 4.78 is 1.66. The van der Waals surface area contributed by atoms with Crippen molar-refractivity contribution in [1.82, 2.24) is 15.1 Å². The Morgan fingerprint density at radius 1 is 1.38 bits per heavy atom. The smallest absolute Gasteiger partial charge is 0.249 e. The van der Waals surface area contributed by atoms with Gasteiger partial charge in [-0.05, 0) is 18.4 Å². The van der Waals surface area contributed by atoms with Crippen molar-refractivity contribution >= 4 is 17.5 Å². The van der Waals surface area contributed by atoms with E-state index in [1.165, 1.54) is 0 Å². The third-order valence-electron chi connectivity index (χ3n) is 4.45. The van der Waals surface area contributed by atoms with Crippen LogP contribution in [0.15, 0.2) is 42.7 Å². The van der Waals surface area contributed by atoms with Crippen LogP contribution in [0.5, 0.6) is 0 Å². The van der Waals surface area contributed by atoms with E-state index in [1.807, 2.05) is 44.3 Å². The summed E-state index contributed by atoms with van der Waals surface area (Å²) in [5.74, 6) is -0.388. The van der Waals surface area contributed by atoms with Crippen LogP contribution in [0.1, 0.15) is 31.2 Å². The molecule has 0 radical (unpaired) electrons. The second-order valence-corrected chi connectivity index (χ2v) is 6.08. The molecule has 1 saturated heterocycles. The van der Waals surface area contributed by atoms with Gasteiger partial charge in [-0.2, -0.15) is 5.10 Å². The van der Waals surface area contributed by atoms with Crippen LogP contribution >= 0.6 is 0 Å². The highest BCUT2D eigenvalue weighted by molar-refractivity contribution is 6.01. The van der Waals surface area contributed by atoms with Crippen molar-refractivity contribution in [3.05, 3.63) is 48.3 Å². The van der Waals surface area contributed by atoms with Gasteiger partial charge in [0.1, 0.15) is 6.04 Å². The van der Waals surface area contributed by atoms with Crippen molar-refractivity contribution in [2.75, 3.05) is 11.4 Å². The number of carbonyl (C=O) groups excluding carboxylic acids is 2. The lowest BCUT2D eigenvalue weighted by Crippen LogP contribution is -2.43. The average Bonchev–Trinajstić information content (AvgIpc) is 3.16. The monoisotopic (exact) mass is 326 g/mol. The first-order chi connectivity index (χ1) is 11.6. The number of carbonyl (C=O) groups is 2. The maximum Gasteiger partial charge on any atom is 0.249 e. The molecule has 0 unspecified atom stereocenters. The number of aryl methyl sites for hydroxylation is 1. The van der Waals surface area contributed by atoms with Crippen molar-refractivity contribution in [3.8, 4) is 0 Å². The molecule has 6 heteroatoms. The Morgan fingerprint density at radius 3 is 2.75 bits per heavy atom. The van der Waals surface area contributed by atoms with Crippen LogP contribution in [0.2, 0.25) is 0 Å². The predicted molar refractivity (Wildman–Crippen MR) is 91.6 cm³/mol. The lowest BCUT2D eigenvalue weighted by molar-refractivity contribution is -0.127. The fraction of sp³-hybridized carbons (Fsp3) is 0.389. The Hall–Kier alpha value is -2.63. The summed E-state index contributed by atoms with van der Waals surface area (Å²) in [6, 6.07) is 9.22. The topological polar surface area (TPSA) is 67.2 Å². The van der Waals surface area contributed by atoms with Crippen molar-refractivity contribution in [3.63, 3.8) is 0 Å². The van der Waals surface area contributed by atoms with Gasteiger partial charge in [0.15, 0.2) is 0 Å². The van der Waals surface area contributed by atoms with E-state index in [0.717, 1.165) is 11.3 Å². The molecule has 1 N–H and O–H groups in total. The molecular formula is C18H22N4O2. The number of amides is 2. The van der Waals surface area contributed by atoms with E-state index >= 15 is 0 Å². The lowest BCUT2D eigenvalue weighted by atomic mass is 9.95. The highest BCUT2D eigenvalue weighted by Gasteiger charge is 2.35. The van der Waals surface area contributed by atoms with Crippen molar-refractivity contribution in [2.45, 2.75) is 31.7 Å². The molecule has 2 atom stereocenters. The predicted octanol–water partition coefficient (Wildman–Crippen LogP) is 1.84. The summed E-state index contributed by atoms with van der Waals surface area (Å²) in [6.07, 6.45) is 4.79. The molecule has 0 spiro atoms. The number of nitrogens with one attached hydrogen (secondary N) is 1. The van der Waals surface area contributed by atoms with Crippen LogP contribution in [0.25, 0.3) is 0 Å². The lowest BCUT2D eigenvalue weighted by Gasteiger charge is -2.19. The van der Waals surface area contributed by atoms with Crippen LogP contribution in [0.4, 0.5) is 5.69 Å². The van der Waals surface area contributed by atoms with Gasteiger partial charge in [0.2, 0.25) is 11.8 Å². The van der Waals surface area contributed by atoms with Gasteiger partial charge in [-0.25, -0.2) is 0 Å². The minimum absolute atomic E-state index is 0.0701. The molecule has 1 aromatic heterocycles. The average molecular weight is 326 g/mol. The van der Waals surface area contributed by atoms with E-state index in [4.69, 9.17) is 0 Å². The molecule has 1 aliphatic rings. The zero-order valence-corrected chi connectivity index (χ0v) is 14.0. The minimum atomic E-state index is -0.463. The Labute approximate surface area is 141 Å². The van der Waals surface area contributed by atoms with Crippen LogP contribution in [0, 0.1) is 0 Å². The Morgan fingerprint density at radius 2 is 2.12 bits per heavy atom. The van der Waals surface area contributed by atoms with Crippen molar-refractivity contribution in [1.29, 1.82) is 0 Å². The Kier molecular flexibility index (Phi) is 4.64. The first-order valence-corrected chi connectivity index (χ1v) is 8.25. The molecule has 0 aliphatic carbocycles. The molecule has 1 aromatic carbocycles. The normalized spacial score (nSPS) is 18.7. The van der Waals surface area contributed by atoms with Crippen LogP contribution in [-0.2, 0) is 16.6 Å². The van der Waals surface area contributed by atoms with E-state index < -0.39 is 6.04 Å². The number of nitrogens with zero attached hydrogens (tertiary/aromatic N) is 3. The maximum atomic E-state index is 12.6. The molecule has 2 amide bonds. The zero-order chi connectivity index (χ0) is 17.1. The van der Waals surface area contributed by atoms with E-state index in [2.05, 4.69) is 10.4 Å². The Bertz CT molecular complexity index is 726. The molecule has 0 bridgehead atoms. The molecular weight excluding hydrogens is 304 g/mol.